The smallest absolute Gasteiger partial charge is 0.249 e. The summed E-state index contributed by atoms with van der Waals surface area (Å²) in [6, 6.07) is 9.27. The average Bonchev–Trinajstić information content (AvgIpc) is 2.37. The number of methoxy groups -OCH3 is 1. The number of amides is 1. The van der Waals surface area contributed by atoms with Gasteiger partial charge in [0.25, 0.3) is 0 Å². The molecule has 1 aromatic carbocycles. The molecular weight excluding hydrogens is 250 g/mol. The van der Waals surface area contributed by atoms with Crippen molar-refractivity contribution in [3.8, 4) is 0 Å². The van der Waals surface area contributed by atoms with Crippen LogP contribution in [0, 0.1) is 0 Å². The lowest BCUT2D eigenvalue weighted by molar-refractivity contribution is -0.130. The topological polar surface area (TPSA) is 55.4 Å². The Kier molecular flexibility index (Phi) is 6.01. The van der Waals surface area contributed by atoms with Gasteiger partial charge in [0.05, 0.1) is 6.04 Å². The quantitative estimate of drug-likeness (QED) is 0.846. The highest BCUT2D eigenvalue weighted by Gasteiger charge is 2.19. The Hall–Kier alpha value is -1.20. The molecular formula is C13H19NO3S. The highest BCUT2D eigenvalue weighted by molar-refractivity contribution is 7.84. The van der Waals surface area contributed by atoms with Gasteiger partial charge < -0.3 is 10.1 Å². The Balaban J connectivity index is 2.80. The third-order valence-corrected chi connectivity index (χ3v) is 3.45. The summed E-state index contributed by atoms with van der Waals surface area (Å²) in [5.41, 5.74) is 0.948. The van der Waals surface area contributed by atoms with E-state index in [4.69, 9.17) is 4.74 Å². The van der Waals surface area contributed by atoms with Crippen molar-refractivity contribution in [3.63, 3.8) is 0 Å². The van der Waals surface area contributed by atoms with E-state index in [1.54, 1.807) is 13.2 Å². The Morgan fingerprint density at radius 3 is 2.50 bits per heavy atom. The van der Waals surface area contributed by atoms with Gasteiger partial charge >= 0.3 is 0 Å². The van der Waals surface area contributed by atoms with Gasteiger partial charge in [-0.1, -0.05) is 30.3 Å². The summed E-state index contributed by atoms with van der Waals surface area (Å²) in [5.74, 6) is 0.198. The van der Waals surface area contributed by atoms with E-state index in [-0.39, 0.29) is 11.9 Å². The molecule has 100 valence electrons. The number of ether oxygens (including phenoxy) is 1. The summed E-state index contributed by atoms with van der Waals surface area (Å²) >= 11 is 0. The second kappa shape index (κ2) is 7.28. The van der Waals surface area contributed by atoms with Crippen LogP contribution in [0.4, 0.5) is 0 Å². The first kappa shape index (κ1) is 14.9. The van der Waals surface area contributed by atoms with Crippen LogP contribution < -0.4 is 5.32 Å². The molecule has 3 unspecified atom stereocenters. The molecule has 0 radical (unpaired) electrons. The van der Waals surface area contributed by atoms with Crippen LogP contribution in [0.3, 0.4) is 0 Å². The predicted molar refractivity (Wildman–Crippen MR) is 72.7 cm³/mol. The third kappa shape index (κ3) is 4.58. The van der Waals surface area contributed by atoms with Gasteiger partial charge in [0, 0.05) is 29.9 Å². The van der Waals surface area contributed by atoms with E-state index in [0.29, 0.717) is 5.75 Å². The maximum atomic E-state index is 11.8. The Morgan fingerprint density at radius 2 is 2.00 bits per heavy atom. The summed E-state index contributed by atoms with van der Waals surface area (Å²) < 4.78 is 16.3. The summed E-state index contributed by atoms with van der Waals surface area (Å²) in [4.78, 5) is 11.8. The lowest BCUT2D eigenvalue weighted by Gasteiger charge is -2.20. The minimum absolute atomic E-state index is 0.197. The Labute approximate surface area is 110 Å². The van der Waals surface area contributed by atoms with Crippen LogP contribution in [0.1, 0.15) is 18.5 Å². The first-order chi connectivity index (χ1) is 8.54. The second-order valence-corrected chi connectivity index (χ2v) is 5.57. The van der Waals surface area contributed by atoms with Crippen LogP contribution in [-0.4, -0.2) is 35.3 Å². The minimum Gasteiger partial charge on any atom is -0.372 e. The number of carbonyl (C=O) groups is 1. The van der Waals surface area contributed by atoms with Crippen LogP contribution >= 0.6 is 0 Å². The van der Waals surface area contributed by atoms with Crippen LogP contribution in [-0.2, 0) is 20.3 Å². The normalized spacial score (nSPS) is 15.7. The van der Waals surface area contributed by atoms with Crippen molar-refractivity contribution in [1.82, 2.24) is 5.32 Å². The van der Waals surface area contributed by atoms with Gasteiger partial charge in [-0.15, -0.1) is 0 Å². The molecule has 0 aliphatic rings. The molecule has 0 bridgehead atoms. The molecule has 1 amide bonds. The standard InChI is InChI=1S/C13H19NO3S/c1-10(17-2)13(15)14-12(9-18(3)16)11-7-5-4-6-8-11/h4-8,10,12H,9H2,1-3H3,(H,14,15). The molecule has 4 nitrogen and oxygen atoms in total. The monoisotopic (exact) mass is 269 g/mol. The zero-order valence-corrected chi connectivity index (χ0v) is 11.7. The number of hydrogen-bond donors (Lipinski definition) is 1. The van der Waals surface area contributed by atoms with Gasteiger partial charge in [0.2, 0.25) is 5.91 Å². The lowest BCUT2D eigenvalue weighted by atomic mass is 10.1. The first-order valence-corrected chi connectivity index (χ1v) is 7.45. The Morgan fingerprint density at radius 1 is 1.39 bits per heavy atom. The summed E-state index contributed by atoms with van der Waals surface area (Å²) in [7, 11) is 0.503. The van der Waals surface area contributed by atoms with Gasteiger partial charge in [0.15, 0.2) is 0 Å². The minimum atomic E-state index is -0.983. The largest absolute Gasteiger partial charge is 0.372 e. The van der Waals surface area contributed by atoms with Crippen molar-refractivity contribution in [3.05, 3.63) is 35.9 Å². The fraction of sp³-hybridized carbons (Fsp3) is 0.462. The zero-order valence-electron chi connectivity index (χ0n) is 10.9. The molecule has 0 heterocycles. The summed E-state index contributed by atoms with van der Waals surface area (Å²) in [5, 5.41) is 2.86. The fourth-order valence-corrected chi connectivity index (χ4v) is 2.28. The molecule has 0 fully saturated rings. The molecule has 1 N–H and O–H groups in total. The molecule has 5 heteroatoms. The molecule has 0 aliphatic carbocycles. The van der Waals surface area contributed by atoms with Crippen molar-refractivity contribution in [2.45, 2.75) is 19.1 Å². The predicted octanol–water partition coefficient (Wildman–Crippen LogP) is 1.26. The van der Waals surface area contributed by atoms with Crippen molar-refractivity contribution in [2.75, 3.05) is 19.1 Å². The van der Waals surface area contributed by atoms with E-state index in [1.807, 2.05) is 30.3 Å². The van der Waals surface area contributed by atoms with Crippen molar-refractivity contribution in [1.29, 1.82) is 0 Å². The van der Waals surface area contributed by atoms with Gasteiger partial charge in [-0.05, 0) is 12.5 Å². The Bertz CT molecular complexity index is 408. The number of benzene rings is 1. The molecule has 1 rings (SSSR count). The number of carbonyl (C=O) groups excluding carboxylic acids is 1. The van der Waals surface area contributed by atoms with Gasteiger partial charge in [-0.25, -0.2) is 0 Å². The van der Waals surface area contributed by atoms with E-state index in [1.165, 1.54) is 7.11 Å². The highest BCUT2D eigenvalue weighted by atomic mass is 32.2. The molecule has 0 saturated heterocycles. The van der Waals surface area contributed by atoms with E-state index in [9.17, 15) is 9.00 Å². The molecule has 0 aliphatic heterocycles. The van der Waals surface area contributed by atoms with Gasteiger partial charge in [-0.3, -0.25) is 9.00 Å². The van der Waals surface area contributed by atoms with Crippen LogP contribution in [0.5, 0.6) is 0 Å². The fourth-order valence-electron chi connectivity index (χ4n) is 1.54. The molecule has 3 atom stereocenters. The maximum absolute atomic E-state index is 11.8. The summed E-state index contributed by atoms with van der Waals surface area (Å²) in [6.07, 6.45) is 1.11. The van der Waals surface area contributed by atoms with Crippen LogP contribution in [0.15, 0.2) is 30.3 Å². The highest BCUT2D eigenvalue weighted by Crippen LogP contribution is 2.14. The number of hydrogen-bond acceptors (Lipinski definition) is 3. The van der Waals surface area contributed by atoms with Crippen LogP contribution in [0.2, 0.25) is 0 Å². The first-order valence-electron chi connectivity index (χ1n) is 5.72. The molecule has 0 aromatic heterocycles. The van der Waals surface area contributed by atoms with E-state index < -0.39 is 16.9 Å². The van der Waals surface area contributed by atoms with Crippen LogP contribution in [0.25, 0.3) is 0 Å². The lowest BCUT2D eigenvalue weighted by Crippen LogP contribution is -2.38. The maximum Gasteiger partial charge on any atom is 0.249 e. The van der Waals surface area contributed by atoms with Crippen molar-refractivity contribution < 1.29 is 13.7 Å². The van der Waals surface area contributed by atoms with E-state index >= 15 is 0 Å². The number of nitrogens with one attached hydrogen (secondary N) is 1. The van der Waals surface area contributed by atoms with Crippen molar-refractivity contribution >= 4 is 16.7 Å². The van der Waals surface area contributed by atoms with E-state index in [2.05, 4.69) is 5.32 Å². The van der Waals surface area contributed by atoms with E-state index in [0.717, 1.165) is 5.56 Å². The molecule has 0 spiro atoms. The summed E-state index contributed by atoms with van der Waals surface area (Å²) in [6.45, 7) is 1.68. The van der Waals surface area contributed by atoms with Crippen molar-refractivity contribution in [2.24, 2.45) is 0 Å². The molecule has 0 saturated carbocycles. The third-order valence-electron chi connectivity index (χ3n) is 2.64. The van der Waals surface area contributed by atoms with Gasteiger partial charge in [-0.2, -0.15) is 0 Å². The molecule has 1 aromatic rings. The average molecular weight is 269 g/mol. The van der Waals surface area contributed by atoms with Gasteiger partial charge in [0.1, 0.15) is 6.10 Å². The molecule has 18 heavy (non-hydrogen) atoms. The SMILES string of the molecule is COC(C)C(=O)NC(CS(C)=O)c1ccccc1. The zero-order chi connectivity index (χ0) is 13.5. The number of rotatable bonds is 6. The second-order valence-electron chi connectivity index (χ2n) is 4.09.